The first-order valence-corrected chi connectivity index (χ1v) is 7.81. The molecule has 1 saturated carbocycles. The van der Waals surface area contributed by atoms with Crippen molar-refractivity contribution in [3.8, 4) is 0 Å². The molecule has 0 bridgehead atoms. The van der Waals surface area contributed by atoms with E-state index in [1.807, 2.05) is 12.4 Å². The first-order chi connectivity index (χ1) is 9.38. The van der Waals surface area contributed by atoms with Crippen LogP contribution in [0.5, 0.6) is 0 Å². The number of hydrogen-bond acceptors (Lipinski definition) is 3. The van der Waals surface area contributed by atoms with Crippen LogP contribution in [0.2, 0.25) is 0 Å². The van der Waals surface area contributed by atoms with E-state index in [1.54, 1.807) is 0 Å². The summed E-state index contributed by atoms with van der Waals surface area (Å²) in [4.78, 5) is 4.28. The van der Waals surface area contributed by atoms with E-state index in [1.165, 1.54) is 38.5 Å². The highest BCUT2D eigenvalue weighted by molar-refractivity contribution is 5.53. The summed E-state index contributed by atoms with van der Waals surface area (Å²) >= 11 is 0. The van der Waals surface area contributed by atoms with Gasteiger partial charge in [0.1, 0.15) is 0 Å². The minimum atomic E-state index is 0.940. The highest BCUT2D eigenvalue weighted by atomic mass is 14.9. The van der Waals surface area contributed by atoms with Crippen LogP contribution in [-0.4, -0.2) is 18.1 Å². The summed E-state index contributed by atoms with van der Waals surface area (Å²) in [5.41, 5.74) is 2.25. The Bertz CT molecular complexity index is 359. The smallest absolute Gasteiger partial charge is 0.0547 e. The molecule has 1 fully saturated rings. The van der Waals surface area contributed by atoms with Crippen LogP contribution >= 0.6 is 0 Å². The zero-order valence-electron chi connectivity index (χ0n) is 12.1. The minimum Gasteiger partial charge on any atom is -0.384 e. The largest absolute Gasteiger partial charge is 0.384 e. The molecule has 106 valence electrons. The van der Waals surface area contributed by atoms with Crippen LogP contribution in [0, 0.1) is 5.92 Å². The normalized spacial score (nSPS) is 16.3. The molecule has 3 heteroatoms. The number of aromatic nitrogens is 1. The van der Waals surface area contributed by atoms with Crippen molar-refractivity contribution < 1.29 is 0 Å². The van der Waals surface area contributed by atoms with Crippen LogP contribution in [0.15, 0.2) is 18.5 Å². The number of nitrogens with one attached hydrogen (secondary N) is 2. The highest BCUT2D eigenvalue weighted by Crippen LogP contribution is 2.26. The van der Waals surface area contributed by atoms with Crippen molar-refractivity contribution in [2.75, 3.05) is 23.7 Å². The topological polar surface area (TPSA) is 37.0 Å². The predicted octanol–water partition coefficient (Wildman–Crippen LogP) is 4.29. The summed E-state index contributed by atoms with van der Waals surface area (Å²) < 4.78 is 0. The molecule has 0 aliphatic heterocycles. The van der Waals surface area contributed by atoms with E-state index >= 15 is 0 Å². The van der Waals surface area contributed by atoms with Gasteiger partial charge >= 0.3 is 0 Å². The Labute approximate surface area is 117 Å². The first kappa shape index (κ1) is 14.2. The molecule has 1 aliphatic rings. The third-order valence-corrected chi connectivity index (χ3v) is 3.92. The van der Waals surface area contributed by atoms with E-state index in [0.29, 0.717) is 0 Å². The van der Waals surface area contributed by atoms with Gasteiger partial charge in [-0.25, -0.2) is 0 Å². The van der Waals surface area contributed by atoms with Gasteiger partial charge in [-0.3, -0.25) is 4.98 Å². The summed E-state index contributed by atoms with van der Waals surface area (Å²) in [6.07, 6.45) is 13.4. The van der Waals surface area contributed by atoms with Gasteiger partial charge in [0.2, 0.25) is 0 Å². The fourth-order valence-electron chi connectivity index (χ4n) is 2.80. The average Bonchev–Trinajstić information content (AvgIpc) is 2.47. The Hall–Kier alpha value is -1.25. The second-order valence-corrected chi connectivity index (χ2v) is 5.61. The Kier molecular flexibility index (Phi) is 5.99. The van der Waals surface area contributed by atoms with Gasteiger partial charge in [-0.2, -0.15) is 0 Å². The van der Waals surface area contributed by atoms with Crippen molar-refractivity contribution >= 4 is 11.4 Å². The third kappa shape index (κ3) is 5.09. The maximum atomic E-state index is 4.28. The molecule has 19 heavy (non-hydrogen) atoms. The minimum absolute atomic E-state index is 0.940. The predicted molar refractivity (Wildman–Crippen MR) is 82.7 cm³/mol. The molecular weight excluding hydrogens is 234 g/mol. The van der Waals surface area contributed by atoms with Gasteiger partial charge in [0.05, 0.1) is 23.8 Å². The maximum absolute atomic E-state index is 4.28. The molecular formula is C16H27N3. The fourth-order valence-corrected chi connectivity index (χ4v) is 2.80. The molecule has 1 aromatic rings. The van der Waals surface area contributed by atoms with Crippen LogP contribution in [-0.2, 0) is 0 Å². The van der Waals surface area contributed by atoms with Crippen LogP contribution in [0.3, 0.4) is 0 Å². The van der Waals surface area contributed by atoms with Crippen molar-refractivity contribution in [3.63, 3.8) is 0 Å². The Morgan fingerprint density at radius 1 is 1.05 bits per heavy atom. The molecule has 2 N–H and O–H groups in total. The van der Waals surface area contributed by atoms with Gasteiger partial charge in [-0.05, 0) is 24.8 Å². The van der Waals surface area contributed by atoms with Gasteiger partial charge in [-0.1, -0.05) is 39.0 Å². The lowest BCUT2D eigenvalue weighted by Gasteiger charge is -2.21. The van der Waals surface area contributed by atoms with E-state index < -0.39 is 0 Å². The summed E-state index contributed by atoms with van der Waals surface area (Å²) in [7, 11) is 0. The quantitative estimate of drug-likeness (QED) is 0.769. The van der Waals surface area contributed by atoms with E-state index in [-0.39, 0.29) is 0 Å². The Morgan fingerprint density at radius 3 is 2.42 bits per heavy atom. The van der Waals surface area contributed by atoms with Gasteiger partial charge in [0.25, 0.3) is 0 Å². The van der Waals surface area contributed by atoms with Crippen molar-refractivity contribution in [2.45, 2.75) is 51.9 Å². The van der Waals surface area contributed by atoms with E-state index in [2.05, 4.69) is 28.6 Å². The molecule has 0 radical (unpaired) electrons. The molecule has 3 nitrogen and oxygen atoms in total. The molecule has 0 aromatic carbocycles. The lowest BCUT2D eigenvalue weighted by atomic mass is 9.87. The second-order valence-electron chi connectivity index (χ2n) is 5.61. The van der Waals surface area contributed by atoms with Gasteiger partial charge in [0, 0.05) is 13.1 Å². The van der Waals surface area contributed by atoms with Crippen LogP contribution in [0.4, 0.5) is 11.4 Å². The Balaban J connectivity index is 1.72. The van der Waals surface area contributed by atoms with Gasteiger partial charge < -0.3 is 10.6 Å². The zero-order valence-corrected chi connectivity index (χ0v) is 12.1. The van der Waals surface area contributed by atoms with E-state index in [9.17, 15) is 0 Å². The summed E-state index contributed by atoms with van der Waals surface area (Å²) in [6.45, 7) is 4.25. The fraction of sp³-hybridized carbons (Fsp3) is 0.688. The number of nitrogens with zero attached hydrogens (tertiary/aromatic N) is 1. The number of anilines is 2. The zero-order chi connectivity index (χ0) is 13.3. The SMILES string of the molecule is CCCNc1cncc(NCCC2CCCCC2)c1. The Morgan fingerprint density at radius 2 is 1.74 bits per heavy atom. The summed E-state index contributed by atoms with van der Waals surface area (Å²) in [5.74, 6) is 0.940. The molecule has 0 spiro atoms. The number of hydrogen-bond donors (Lipinski definition) is 2. The molecule has 0 atom stereocenters. The van der Waals surface area contributed by atoms with Crippen LogP contribution in [0.25, 0.3) is 0 Å². The summed E-state index contributed by atoms with van der Waals surface area (Å²) in [5, 5.41) is 6.88. The van der Waals surface area contributed by atoms with Crippen molar-refractivity contribution in [1.29, 1.82) is 0 Å². The highest BCUT2D eigenvalue weighted by Gasteiger charge is 2.12. The molecule has 2 rings (SSSR count). The van der Waals surface area contributed by atoms with Crippen LogP contribution in [0.1, 0.15) is 51.9 Å². The lowest BCUT2D eigenvalue weighted by molar-refractivity contribution is 0.345. The first-order valence-electron chi connectivity index (χ1n) is 7.81. The molecule has 0 unspecified atom stereocenters. The standard InChI is InChI=1S/C16H27N3/c1-2-9-18-15-11-16(13-17-12-15)19-10-8-14-6-4-3-5-7-14/h11-14,18-19H,2-10H2,1H3. The van der Waals surface area contributed by atoms with E-state index in [0.717, 1.165) is 36.8 Å². The van der Waals surface area contributed by atoms with Crippen molar-refractivity contribution in [3.05, 3.63) is 18.5 Å². The monoisotopic (exact) mass is 261 g/mol. The van der Waals surface area contributed by atoms with Crippen molar-refractivity contribution in [1.82, 2.24) is 4.98 Å². The molecule has 1 aromatic heterocycles. The lowest BCUT2D eigenvalue weighted by Crippen LogP contribution is -2.12. The van der Waals surface area contributed by atoms with Gasteiger partial charge in [0.15, 0.2) is 0 Å². The molecule has 0 saturated heterocycles. The maximum Gasteiger partial charge on any atom is 0.0547 e. The van der Waals surface area contributed by atoms with Crippen LogP contribution < -0.4 is 10.6 Å². The summed E-state index contributed by atoms with van der Waals surface area (Å²) in [6, 6.07) is 2.16. The molecule has 1 heterocycles. The van der Waals surface area contributed by atoms with Gasteiger partial charge in [-0.15, -0.1) is 0 Å². The second kappa shape index (κ2) is 8.03. The molecule has 0 amide bonds. The number of pyridine rings is 1. The number of rotatable bonds is 7. The van der Waals surface area contributed by atoms with Crippen molar-refractivity contribution in [2.24, 2.45) is 5.92 Å². The average molecular weight is 261 g/mol. The van der Waals surface area contributed by atoms with E-state index in [4.69, 9.17) is 0 Å². The third-order valence-electron chi connectivity index (χ3n) is 3.92. The molecule has 1 aliphatic carbocycles.